The minimum absolute atomic E-state index is 0.381. The van der Waals surface area contributed by atoms with Crippen LogP contribution in [0.5, 0.6) is 0 Å². The molecule has 0 aliphatic heterocycles. The molecule has 1 aliphatic rings. The highest BCUT2D eigenvalue weighted by molar-refractivity contribution is 5.79. The molecule has 0 amide bonds. The molecular formula is C23H33N7O. The highest BCUT2D eigenvalue weighted by atomic mass is 16.5. The van der Waals surface area contributed by atoms with E-state index in [1.165, 1.54) is 12.8 Å². The summed E-state index contributed by atoms with van der Waals surface area (Å²) in [5.74, 6) is 1.99. The van der Waals surface area contributed by atoms with E-state index in [4.69, 9.17) is 10.5 Å². The quantitative estimate of drug-likeness (QED) is 0.275. The molecular weight excluding hydrogens is 390 g/mol. The van der Waals surface area contributed by atoms with Crippen molar-refractivity contribution < 1.29 is 4.74 Å². The summed E-state index contributed by atoms with van der Waals surface area (Å²) in [4.78, 5) is 4.63. The number of anilines is 1. The van der Waals surface area contributed by atoms with Gasteiger partial charge in [-0.2, -0.15) is 10.4 Å². The number of hydrogen-bond acceptors (Lipinski definition) is 5. The van der Waals surface area contributed by atoms with Crippen LogP contribution in [-0.4, -0.2) is 48.6 Å². The second-order valence-electron chi connectivity index (χ2n) is 7.73. The topological polar surface area (TPSA) is 113 Å². The summed E-state index contributed by atoms with van der Waals surface area (Å²) in [6.45, 7) is 6.01. The van der Waals surface area contributed by atoms with Crippen LogP contribution in [0.25, 0.3) is 5.69 Å². The van der Waals surface area contributed by atoms with E-state index < -0.39 is 0 Å². The predicted molar refractivity (Wildman–Crippen MR) is 123 cm³/mol. The van der Waals surface area contributed by atoms with Gasteiger partial charge in [0.1, 0.15) is 17.5 Å². The van der Waals surface area contributed by atoms with Crippen LogP contribution in [0, 0.1) is 17.2 Å². The first kappa shape index (κ1) is 22.6. The van der Waals surface area contributed by atoms with Crippen LogP contribution in [0.15, 0.2) is 35.3 Å². The van der Waals surface area contributed by atoms with Gasteiger partial charge in [-0.05, 0) is 57.1 Å². The fourth-order valence-electron chi connectivity index (χ4n) is 3.24. The van der Waals surface area contributed by atoms with Crippen LogP contribution < -0.4 is 16.4 Å². The highest BCUT2D eigenvalue weighted by Crippen LogP contribution is 2.28. The number of guanidine groups is 1. The van der Waals surface area contributed by atoms with E-state index in [0.717, 1.165) is 56.7 Å². The van der Waals surface area contributed by atoms with Crippen LogP contribution >= 0.6 is 0 Å². The monoisotopic (exact) mass is 423 g/mol. The van der Waals surface area contributed by atoms with Crippen molar-refractivity contribution in [3.63, 3.8) is 0 Å². The molecule has 0 bridgehead atoms. The molecule has 8 nitrogen and oxygen atoms in total. The maximum absolute atomic E-state index is 9.53. The van der Waals surface area contributed by atoms with Crippen LogP contribution in [0.2, 0.25) is 0 Å². The SMILES string of the molecule is CCNC(=NCCCc1nn(-c2ccccc2)c(N)c1C#N)NCCCOCC1CC1. The lowest BCUT2D eigenvalue weighted by molar-refractivity contribution is 0.123. The van der Waals surface area contributed by atoms with E-state index in [2.05, 4.69) is 26.8 Å². The zero-order valence-electron chi connectivity index (χ0n) is 18.3. The number of aryl methyl sites for hydroxylation is 1. The van der Waals surface area contributed by atoms with Crippen LogP contribution in [0.1, 0.15) is 43.9 Å². The first-order chi connectivity index (χ1) is 15.2. The lowest BCUT2D eigenvalue weighted by Gasteiger charge is -2.11. The van der Waals surface area contributed by atoms with E-state index in [-0.39, 0.29) is 0 Å². The molecule has 3 rings (SSSR count). The standard InChI is InChI=1S/C23H33N7O/c1-2-26-23(28-14-7-15-31-17-18-11-12-18)27-13-6-10-21-20(16-24)22(25)30(29-21)19-8-4-3-5-9-19/h3-5,8-9,18H,2,6-7,10-15,17,25H2,1H3,(H2,26,27,28). The Balaban J connectivity index is 1.47. The largest absolute Gasteiger partial charge is 0.382 e. The number of nitrogens with one attached hydrogen (secondary N) is 2. The number of aliphatic imine (C=N–C) groups is 1. The molecule has 0 radical (unpaired) electrons. The summed E-state index contributed by atoms with van der Waals surface area (Å²) in [7, 11) is 0. The van der Waals surface area contributed by atoms with Gasteiger partial charge < -0.3 is 21.1 Å². The third-order valence-corrected chi connectivity index (χ3v) is 5.10. The van der Waals surface area contributed by atoms with Crippen molar-refractivity contribution in [3.05, 3.63) is 41.6 Å². The van der Waals surface area contributed by atoms with Crippen molar-refractivity contribution in [2.45, 2.75) is 39.0 Å². The van der Waals surface area contributed by atoms with E-state index in [1.54, 1.807) is 4.68 Å². The first-order valence-corrected chi connectivity index (χ1v) is 11.2. The number of aromatic nitrogens is 2. The Hall–Kier alpha value is -3.05. The van der Waals surface area contributed by atoms with E-state index in [9.17, 15) is 5.26 Å². The van der Waals surface area contributed by atoms with Crippen molar-refractivity contribution in [1.82, 2.24) is 20.4 Å². The van der Waals surface area contributed by atoms with E-state index >= 15 is 0 Å². The van der Waals surface area contributed by atoms with Gasteiger partial charge in [0.25, 0.3) is 0 Å². The minimum atomic E-state index is 0.381. The van der Waals surface area contributed by atoms with Crippen molar-refractivity contribution >= 4 is 11.8 Å². The lowest BCUT2D eigenvalue weighted by Crippen LogP contribution is -2.38. The smallest absolute Gasteiger partial charge is 0.191 e. The number of nitriles is 1. The third kappa shape index (κ3) is 7.00. The van der Waals surface area contributed by atoms with E-state index in [0.29, 0.717) is 30.0 Å². The zero-order chi connectivity index (χ0) is 21.9. The van der Waals surface area contributed by atoms with Crippen molar-refractivity contribution in [3.8, 4) is 11.8 Å². The van der Waals surface area contributed by atoms with Crippen LogP contribution in [0.4, 0.5) is 5.82 Å². The highest BCUT2D eigenvalue weighted by Gasteiger charge is 2.20. The number of rotatable bonds is 12. The third-order valence-electron chi connectivity index (χ3n) is 5.10. The Morgan fingerprint density at radius 2 is 2.10 bits per heavy atom. The number of benzene rings is 1. The normalized spacial score (nSPS) is 13.7. The molecule has 2 aromatic rings. The van der Waals surface area contributed by atoms with Gasteiger partial charge in [-0.1, -0.05) is 18.2 Å². The zero-order valence-corrected chi connectivity index (χ0v) is 18.3. The second-order valence-corrected chi connectivity index (χ2v) is 7.73. The number of hydrogen-bond donors (Lipinski definition) is 3. The summed E-state index contributed by atoms with van der Waals surface area (Å²) in [5.41, 5.74) is 8.18. The number of nitrogen functional groups attached to an aromatic ring is 1. The molecule has 31 heavy (non-hydrogen) atoms. The van der Waals surface area contributed by atoms with E-state index in [1.807, 2.05) is 37.3 Å². The Morgan fingerprint density at radius 1 is 1.29 bits per heavy atom. The Labute approximate surface area is 184 Å². The number of nitrogens with zero attached hydrogens (tertiary/aromatic N) is 4. The molecule has 0 atom stereocenters. The summed E-state index contributed by atoms with van der Waals surface area (Å²) < 4.78 is 7.30. The van der Waals surface area contributed by atoms with Crippen molar-refractivity contribution in [2.24, 2.45) is 10.9 Å². The van der Waals surface area contributed by atoms with Crippen LogP contribution in [0.3, 0.4) is 0 Å². The molecule has 1 saturated carbocycles. The molecule has 1 aromatic carbocycles. The molecule has 0 unspecified atom stereocenters. The van der Waals surface area contributed by atoms with Gasteiger partial charge in [-0.15, -0.1) is 0 Å². The second kappa shape index (κ2) is 12.0. The van der Waals surface area contributed by atoms with Crippen molar-refractivity contribution in [2.75, 3.05) is 38.6 Å². The first-order valence-electron chi connectivity index (χ1n) is 11.2. The average Bonchev–Trinajstić information content (AvgIpc) is 3.56. The lowest BCUT2D eigenvalue weighted by atomic mass is 10.1. The summed E-state index contributed by atoms with van der Waals surface area (Å²) in [5, 5.41) is 20.7. The number of para-hydroxylation sites is 1. The molecule has 8 heteroatoms. The molecule has 1 heterocycles. The number of ether oxygens (including phenoxy) is 1. The predicted octanol–water partition coefficient (Wildman–Crippen LogP) is 2.63. The van der Waals surface area contributed by atoms with Gasteiger partial charge >= 0.3 is 0 Å². The maximum atomic E-state index is 9.53. The van der Waals surface area contributed by atoms with Gasteiger partial charge in [0.2, 0.25) is 0 Å². The summed E-state index contributed by atoms with van der Waals surface area (Å²) in [6.07, 6.45) is 5.03. The Morgan fingerprint density at radius 3 is 2.81 bits per heavy atom. The fourth-order valence-corrected chi connectivity index (χ4v) is 3.24. The Kier molecular flexibility index (Phi) is 8.73. The van der Waals surface area contributed by atoms with Crippen molar-refractivity contribution in [1.29, 1.82) is 5.26 Å². The van der Waals surface area contributed by atoms with Gasteiger partial charge in [0, 0.05) is 32.8 Å². The van der Waals surface area contributed by atoms with Gasteiger partial charge in [-0.25, -0.2) is 4.68 Å². The number of nitrogens with two attached hydrogens (primary N) is 1. The molecule has 0 saturated heterocycles. The fraction of sp³-hybridized carbons (Fsp3) is 0.522. The molecule has 1 aromatic heterocycles. The Bertz CT molecular complexity index is 881. The van der Waals surface area contributed by atoms with Gasteiger partial charge in [0.05, 0.1) is 11.4 Å². The molecule has 1 fully saturated rings. The molecule has 166 valence electrons. The summed E-state index contributed by atoms with van der Waals surface area (Å²) >= 11 is 0. The maximum Gasteiger partial charge on any atom is 0.191 e. The van der Waals surface area contributed by atoms with Gasteiger partial charge in [-0.3, -0.25) is 4.99 Å². The van der Waals surface area contributed by atoms with Gasteiger partial charge in [0.15, 0.2) is 5.96 Å². The molecule has 0 spiro atoms. The summed E-state index contributed by atoms with van der Waals surface area (Å²) in [6, 6.07) is 11.8. The van der Waals surface area contributed by atoms with Crippen LogP contribution in [-0.2, 0) is 11.2 Å². The molecule has 4 N–H and O–H groups in total. The average molecular weight is 424 g/mol. The molecule has 1 aliphatic carbocycles. The minimum Gasteiger partial charge on any atom is -0.382 e.